The summed E-state index contributed by atoms with van der Waals surface area (Å²) in [6, 6.07) is 12.3. The van der Waals surface area contributed by atoms with E-state index in [9.17, 15) is 4.79 Å². The number of amides is 1. The number of aryl methyl sites for hydroxylation is 1. The van der Waals surface area contributed by atoms with Crippen molar-refractivity contribution in [3.05, 3.63) is 58.6 Å². The molecule has 3 nitrogen and oxygen atoms in total. The van der Waals surface area contributed by atoms with Gasteiger partial charge in [0, 0.05) is 16.4 Å². The van der Waals surface area contributed by atoms with Crippen molar-refractivity contribution in [3.63, 3.8) is 0 Å². The number of benzene rings is 2. The lowest BCUT2D eigenvalue weighted by atomic mass is 10.1. The number of anilines is 2. The maximum atomic E-state index is 12.0. The van der Waals surface area contributed by atoms with E-state index in [1.165, 1.54) is 0 Å². The topological polar surface area (TPSA) is 55.1 Å². The van der Waals surface area contributed by atoms with Crippen molar-refractivity contribution in [3.8, 4) is 0 Å². The quantitative estimate of drug-likeness (QED) is 0.812. The Labute approximate surface area is 111 Å². The number of nitrogen functional groups attached to an aromatic ring is 1. The van der Waals surface area contributed by atoms with E-state index in [1.54, 1.807) is 36.4 Å². The van der Waals surface area contributed by atoms with Crippen molar-refractivity contribution in [1.29, 1.82) is 0 Å². The number of hydrogen-bond acceptors (Lipinski definition) is 2. The van der Waals surface area contributed by atoms with Gasteiger partial charge < -0.3 is 11.1 Å². The van der Waals surface area contributed by atoms with Gasteiger partial charge in [0.25, 0.3) is 5.91 Å². The van der Waals surface area contributed by atoms with Crippen molar-refractivity contribution in [2.75, 3.05) is 11.1 Å². The Balaban J connectivity index is 2.22. The summed E-state index contributed by atoms with van der Waals surface area (Å²) in [4.78, 5) is 12.0. The monoisotopic (exact) mass is 260 g/mol. The van der Waals surface area contributed by atoms with Crippen LogP contribution in [0.15, 0.2) is 42.5 Å². The van der Waals surface area contributed by atoms with Crippen LogP contribution >= 0.6 is 11.6 Å². The van der Waals surface area contributed by atoms with E-state index in [2.05, 4.69) is 5.32 Å². The number of hydrogen-bond donors (Lipinski definition) is 2. The maximum Gasteiger partial charge on any atom is 0.257 e. The molecule has 0 aliphatic rings. The van der Waals surface area contributed by atoms with Crippen LogP contribution in [0, 0.1) is 6.92 Å². The van der Waals surface area contributed by atoms with E-state index < -0.39 is 0 Å². The molecule has 92 valence electrons. The fourth-order valence-electron chi connectivity index (χ4n) is 1.65. The molecule has 4 heteroatoms. The molecule has 0 heterocycles. The van der Waals surface area contributed by atoms with Gasteiger partial charge in [0.2, 0.25) is 0 Å². The Hall–Kier alpha value is -2.00. The van der Waals surface area contributed by atoms with Crippen LogP contribution in [-0.4, -0.2) is 5.91 Å². The van der Waals surface area contributed by atoms with Crippen molar-refractivity contribution in [2.24, 2.45) is 0 Å². The highest BCUT2D eigenvalue weighted by atomic mass is 35.5. The molecule has 0 spiro atoms. The highest BCUT2D eigenvalue weighted by molar-refractivity contribution is 6.31. The van der Waals surface area contributed by atoms with Gasteiger partial charge in [-0.2, -0.15) is 0 Å². The van der Waals surface area contributed by atoms with Gasteiger partial charge in [0.15, 0.2) is 0 Å². The third kappa shape index (κ3) is 2.81. The summed E-state index contributed by atoms with van der Waals surface area (Å²) >= 11 is 5.85. The second kappa shape index (κ2) is 5.10. The Morgan fingerprint density at radius 1 is 1.22 bits per heavy atom. The molecule has 0 atom stereocenters. The van der Waals surface area contributed by atoms with E-state index in [1.807, 2.05) is 13.0 Å². The van der Waals surface area contributed by atoms with Crippen LogP contribution in [-0.2, 0) is 0 Å². The molecule has 2 aromatic rings. The van der Waals surface area contributed by atoms with Crippen molar-refractivity contribution in [1.82, 2.24) is 0 Å². The molecule has 0 saturated heterocycles. The summed E-state index contributed by atoms with van der Waals surface area (Å²) in [6.07, 6.45) is 0. The lowest BCUT2D eigenvalue weighted by molar-refractivity contribution is 0.102. The molecular weight excluding hydrogens is 248 g/mol. The minimum atomic E-state index is -0.241. The molecule has 0 saturated carbocycles. The van der Waals surface area contributed by atoms with E-state index in [0.717, 1.165) is 5.56 Å². The first-order valence-corrected chi connectivity index (χ1v) is 5.87. The molecule has 0 aliphatic heterocycles. The van der Waals surface area contributed by atoms with Crippen LogP contribution in [0.2, 0.25) is 5.02 Å². The van der Waals surface area contributed by atoms with Crippen molar-refractivity contribution in [2.45, 2.75) is 6.92 Å². The van der Waals surface area contributed by atoms with Gasteiger partial charge in [-0.15, -0.1) is 0 Å². The molecule has 2 aromatic carbocycles. The van der Waals surface area contributed by atoms with Gasteiger partial charge in [0.05, 0.1) is 5.56 Å². The molecule has 0 aromatic heterocycles. The molecule has 1 amide bonds. The summed E-state index contributed by atoms with van der Waals surface area (Å²) in [5, 5.41) is 3.33. The lowest BCUT2D eigenvalue weighted by Gasteiger charge is -2.08. The average Bonchev–Trinajstić information content (AvgIpc) is 2.28. The molecule has 0 radical (unpaired) electrons. The standard InChI is InChI=1S/C14H13ClN2O/c1-9-5-6-12(13(16)7-9)14(18)17-11-4-2-3-10(15)8-11/h2-8H,16H2,1H3,(H,17,18). The summed E-state index contributed by atoms with van der Waals surface area (Å²) in [5.74, 6) is -0.241. The van der Waals surface area contributed by atoms with E-state index in [-0.39, 0.29) is 5.91 Å². The largest absolute Gasteiger partial charge is 0.398 e. The number of rotatable bonds is 2. The fourth-order valence-corrected chi connectivity index (χ4v) is 1.84. The van der Waals surface area contributed by atoms with Crippen LogP contribution in [0.4, 0.5) is 11.4 Å². The van der Waals surface area contributed by atoms with Crippen LogP contribution in [0.3, 0.4) is 0 Å². The first kappa shape index (κ1) is 12.5. The normalized spacial score (nSPS) is 10.1. The van der Waals surface area contributed by atoms with Crippen LogP contribution in [0.25, 0.3) is 0 Å². The molecule has 0 unspecified atom stereocenters. The fraction of sp³-hybridized carbons (Fsp3) is 0.0714. The van der Waals surface area contributed by atoms with Crippen LogP contribution in [0.5, 0.6) is 0 Å². The zero-order valence-electron chi connectivity index (χ0n) is 9.91. The molecule has 2 rings (SSSR count). The number of carbonyl (C=O) groups is 1. The third-order valence-electron chi connectivity index (χ3n) is 2.53. The Bertz CT molecular complexity index is 596. The SMILES string of the molecule is Cc1ccc(C(=O)Nc2cccc(Cl)c2)c(N)c1. The number of nitrogens with two attached hydrogens (primary N) is 1. The predicted molar refractivity (Wildman–Crippen MR) is 75.0 cm³/mol. The van der Waals surface area contributed by atoms with Crippen LogP contribution in [0.1, 0.15) is 15.9 Å². The zero-order valence-corrected chi connectivity index (χ0v) is 10.7. The van der Waals surface area contributed by atoms with Gasteiger partial charge in [-0.05, 0) is 42.8 Å². The molecule has 0 aliphatic carbocycles. The van der Waals surface area contributed by atoms with Gasteiger partial charge in [-0.25, -0.2) is 0 Å². The van der Waals surface area contributed by atoms with Crippen molar-refractivity contribution >= 4 is 28.9 Å². The molecule has 0 bridgehead atoms. The molecule has 0 fully saturated rings. The summed E-state index contributed by atoms with van der Waals surface area (Å²) < 4.78 is 0. The second-order valence-electron chi connectivity index (χ2n) is 4.06. The molecule has 18 heavy (non-hydrogen) atoms. The van der Waals surface area contributed by atoms with Crippen LogP contribution < -0.4 is 11.1 Å². The first-order valence-electron chi connectivity index (χ1n) is 5.49. The van der Waals surface area contributed by atoms with Gasteiger partial charge >= 0.3 is 0 Å². The summed E-state index contributed by atoms with van der Waals surface area (Å²) in [7, 11) is 0. The minimum absolute atomic E-state index is 0.241. The van der Waals surface area contributed by atoms with Gasteiger partial charge in [0.1, 0.15) is 0 Å². The average molecular weight is 261 g/mol. The number of halogens is 1. The lowest BCUT2D eigenvalue weighted by Crippen LogP contribution is -2.14. The highest BCUT2D eigenvalue weighted by Gasteiger charge is 2.09. The van der Waals surface area contributed by atoms with E-state index in [4.69, 9.17) is 17.3 Å². The molecular formula is C14H13ClN2O. The van der Waals surface area contributed by atoms with Gasteiger partial charge in [-0.3, -0.25) is 4.79 Å². The Kier molecular flexibility index (Phi) is 3.53. The molecule has 3 N–H and O–H groups in total. The Morgan fingerprint density at radius 3 is 2.67 bits per heavy atom. The van der Waals surface area contributed by atoms with Crippen molar-refractivity contribution < 1.29 is 4.79 Å². The third-order valence-corrected chi connectivity index (χ3v) is 2.77. The highest BCUT2D eigenvalue weighted by Crippen LogP contribution is 2.18. The maximum absolute atomic E-state index is 12.0. The van der Waals surface area contributed by atoms with E-state index in [0.29, 0.717) is 22.0 Å². The second-order valence-corrected chi connectivity index (χ2v) is 4.49. The minimum Gasteiger partial charge on any atom is -0.398 e. The summed E-state index contributed by atoms with van der Waals surface area (Å²) in [6.45, 7) is 1.93. The first-order chi connectivity index (χ1) is 8.56. The zero-order chi connectivity index (χ0) is 13.1. The number of carbonyl (C=O) groups excluding carboxylic acids is 1. The summed E-state index contributed by atoms with van der Waals surface area (Å²) in [5.41, 5.74) is 8.41. The number of nitrogens with one attached hydrogen (secondary N) is 1. The Morgan fingerprint density at radius 2 is 2.00 bits per heavy atom. The van der Waals surface area contributed by atoms with E-state index >= 15 is 0 Å². The smallest absolute Gasteiger partial charge is 0.257 e. The predicted octanol–water partition coefficient (Wildman–Crippen LogP) is 3.48. The van der Waals surface area contributed by atoms with Gasteiger partial charge in [-0.1, -0.05) is 23.7 Å².